The summed E-state index contributed by atoms with van der Waals surface area (Å²) in [5.74, 6) is 0.147. The Morgan fingerprint density at radius 2 is 1.84 bits per heavy atom. The van der Waals surface area contributed by atoms with Crippen molar-refractivity contribution in [3.05, 3.63) is 53.4 Å². The van der Waals surface area contributed by atoms with E-state index in [1.807, 2.05) is 36.4 Å². The normalized spacial score (nSPS) is 24.0. The van der Waals surface area contributed by atoms with Crippen LogP contribution >= 0.6 is 11.6 Å². The van der Waals surface area contributed by atoms with Gasteiger partial charge >= 0.3 is 6.01 Å². The van der Waals surface area contributed by atoms with E-state index in [4.69, 9.17) is 30.8 Å². The largest absolute Gasteiger partial charge is 0.462 e. The molecule has 0 radical (unpaired) electrons. The quantitative estimate of drug-likeness (QED) is 0.273. The third-order valence-electron chi connectivity index (χ3n) is 8.96. The van der Waals surface area contributed by atoms with E-state index in [0.29, 0.717) is 53.7 Å². The molecule has 3 aliphatic heterocycles. The lowest BCUT2D eigenvalue weighted by Crippen LogP contribution is -2.51. The molecule has 2 unspecified atom stereocenters. The first kappa shape index (κ1) is 28.6. The maximum Gasteiger partial charge on any atom is 0.319 e. The van der Waals surface area contributed by atoms with Crippen LogP contribution in [0, 0.1) is 5.82 Å². The van der Waals surface area contributed by atoms with Crippen molar-refractivity contribution in [2.45, 2.75) is 43.5 Å². The van der Waals surface area contributed by atoms with Crippen LogP contribution in [0.1, 0.15) is 19.3 Å². The van der Waals surface area contributed by atoms with Gasteiger partial charge in [0.05, 0.1) is 24.7 Å². The number of piperazine rings is 1. The van der Waals surface area contributed by atoms with Crippen molar-refractivity contribution < 1.29 is 18.6 Å². The van der Waals surface area contributed by atoms with Crippen molar-refractivity contribution in [3.63, 3.8) is 0 Å². The van der Waals surface area contributed by atoms with E-state index in [0.717, 1.165) is 49.7 Å². The Morgan fingerprint density at radius 3 is 2.63 bits per heavy atom. The average Bonchev–Trinajstić information content (AvgIpc) is 3.55. The Kier molecular flexibility index (Phi) is 8.04. The number of pyridine rings is 1. The summed E-state index contributed by atoms with van der Waals surface area (Å²) in [5.41, 5.74) is 1.02. The molecule has 3 fully saturated rings. The molecule has 226 valence electrons. The second-order valence-electron chi connectivity index (χ2n) is 11.8. The zero-order chi connectivity index (χ0) is 29.5. The molecule has 7 rings (SSSR count). The number of nitrogens with zero attached hydrogens (tertiary/aromatic N) is 5. The zero-order valence-corrected chi connectivity index (χ0v) is 25.2. The molecule has 1 N–H and O–H groups in total. The summed E-state index contributed by atoms with van der Waals surface area (Å²) in [6.45, 7) is 3.88. The molecule has 2 bridgehead atoms. The molecule has 3 aliphatic rings. The number of hydrogen-bond donors (Lipinski definition) is 1. The second-order valence-corrected chi connectivity index (χ2v) is 12.2. The number of rotatable bonds is 9. The van der Waals surface area contributed by atoms with Crippen LogP contribution in [-0.4, -0.2) is 97.7 Å². The van der Waals surface area contributed by atoms with Crippen molar-refractivity contribution >= 4 is 39.1 Å². The summed E-state index contributed by atoms with van der Waals surface area (Å²) in [4.78, 5) is 18.6. The van der Waals surface area contributed by atoms with E-state index in [1.54, 1.807) is 13.3 Å². The van der Waals surface area contributed by atoms with Crippen molar-refractivity contribution in [2.75, 3.05) is 58.5 Å². The maximum absolute atomic E-state index is 16.6. The van der Waals surface area contributed by atoms with Gasteiger partial charge in [0, 0.05) is 67.0 Å². The molecule has 9 nitrogen and oxygen atoms in total. The number of ether oxygens (including phenoxy) is 3. The molecular weight excluding hydrogens is 571 g/mol. The van der Waals surface area contributed by atoms with Gasteiger partial charge in [0.1, 0.15) is 23.6 Å². The summed E-state index contributed by atoms with van der Waals surface area (Å²) in [7, 11) is 3.73. The summed E-state index contributed by atoms with van der Waals surface area (Å²) < 4.78 is 33.9. The van der Waals surface area contributed by atoms with Gasteiger partial charge in [0.15, 0.2) is 5.82 Å². The van der Waals surface area contributed by atoms with Gasteiger partial charge in [-0.25, -0.2) is 4.39 Å². The van der Waals surface area contributed by atoms with E-state index < -0.39 is 5.82 Å². The highest BCUT2D eigenvalue weighted by Gasteiger charge is 2.35. The van der Waals surface area contributed by atoms with E-state index in [-0.39, 0.29) is 29.4 Å². The molecule has 2 aromatic carbocycles. The Morgan fingerprint density at radius 1 is 1.05 bits per heavy atom. The standard InChI is InChI=1S/C32H36ClFN6O3/c1-39-17-23(42-12-11-41-2)13-22(39)18-43-32-37-30-25(31(38-32)40-15-20-9-10-21(16-40)36-20)14-35-29(28(30)34)24-7-3-5-19-6-4-8-26(33)27(19)24/h3-8,14,20-23,36H,9-13,15-18H2,1-2H3/t20?,21?,22-,23+/m0/s1. The Labute approximate surface area is 255 Å². The van der Waals surface area contributed by atoms with Crippen LogP contribution < -0.4 is 15.0 Å². The lowest BCUT2D eigenvalue weighted by molar-refractivity contribution is 0.0229. The Balaban J connectivity index is 1.25. The Bertz CT molecular complexity index is 1630. The number of aromatic nitrogens is 3. The van der Waals surface area contributed by atoms with Crippen molar-refractivity contribution in [2.24, 2.45) is 0 Å². The molecule has 0 amide bonds. The highest BCUT2D eigenvalue weighted by molar-refractivity contribution is 6.36. The lowest BCUT2D eigenvalue weighted by Gasteiger charge is -2.34. The van der Waals surface area contributed by atoms with Gasteiger partial charge in [-0.1, -0.05) is 41.9 Å². The molecule has 0 spiro atoms. The predicted molar refractivity (Wildman–Crippen MR) is 166 cm³/mol. The number of likely N-dealkylation sites (N-methyl/N-ethyl adjacent to an activating group) is 1. The zero-order valence-electron chi connectivity index (χ0n) is 24.4. The minimum atomic E-state index is -0.513. The van der Waals surface area contributed by atoms with Crippen LogP contribution in [0.5, 0.6) is 6.01 Å². The van der Waals surface area contributed by atoms with Crippen LogP contribution in [0.25, 0.3) is 32.9 Å². The average molecular weight is 607 g/mol. The third kappa shape index (κ3) is 5.62. The SMILES string of the molecule is COCCO[C@@H]1C[C@@H](COc2nc(N3CC4CCC(C3)N4)c3cnc(-c4cccc5cccc(Cl)c45)c(F)c3n2)N(C)C1. The van der Waals surface area contributed by atoms with Crippen molar-refractivity contribution in [3.8, 4) is 17.3 Å². The first-order chi connectivity index (χ1) is 21.0. The van der Waals surface area contributed by atoms with Gasteiger partial charge in [0.2, 0.25) is 0 Å². The molecule has 2 aromatic heterocycles. The number of nitrogens with one attached hydrogen (secondary N) is 1. The number of anilines is 1. The fraction of sp³-hybridized carbons (Fsp3) is 0.469. The van der Waals surface area contributed by atoms with Crippen LogP contribution in [0.3, 0.4) is 0 Å². The molecule has 43 heavy (non-hydrogen) atoms. The second kappa shape index (κ2) is 12.1. The van der Waals surface area contributed by atoms with Gasteiger partial charge in [-0.2, -0.15) is 9.97 Å². The highest BCUT2D eigenvalue weighted by atomic mass is 35.5. The number of hydrogen-bond acceptors (Lipinski definition) is 9. The summed E-state index contributed by atoms with van der Waals surface area (Å²) in [6, 6.07) is 12.4. The van der Waals surface area contributed by atoms with E-state index in [9.17, 15) is 0 Å². The molecule has 4 atom stereocenters. The van der Waals surface area contributed by atoms with Crippen LogP contribution in [0.15, 0.2) is 42.6 Å². The Hall–Kier alpha value is -3.15. The number of methoxy groups -OCH3 is 1. The number of fused-ring (bicyclic) bond motifs is 4. The highest BCUT2D eigenvalue weighted by Crippen LogP contribution is 2.38. The number of benzene rings is 2. The van der Waals surface area contributed by atoms with Gasteiger partial charge in [-0.3, -0.25) is 9.88 Å². The van der Waals surface area contributed by atoms with E-state index in [2.05, 4.69) is 32.1 Å². The van der Waals surface area contributed by atoms with Gasteiger partial charge < -0.3 is 24.4 Å². The molecule has 3 saturated heterocycles. The molecule has 11 heteroatoms. The minimum absolute atomic E-state index is 0.108. The summed E-state index contributed by atoms with van der Waals surface area (Å²) >= 11 is 6.60. The van der Waals surface area contributed by atoms with Crippen molar-refractivity contribution in [1.29, 1.82) is 0 Å². The smallest absolute Gasteiger partial charge is 0.319 e. The molecule has 5 heterocycles. The van der Waals surface area contributed by atoms with Gasteiger partial charge in [-0.05, 0) is 37.8 Å². The van der Waals surface area contributed by atoms with Crippen LogP contribution in [-0.2, 0) is 9.47 Å². The number of likely N-dealkylation sites (tertiary alicyclic amines) is 1. The minimum Gasteiger partial charge on any atom is -0.462 e. The summed E-state index contributed by atoms with van der Waals surface area (Å²) in [5, 5.41) is 6.46. The maximum atomic E-state index is 16.6. The molecular formula is C32H36ClFN6O3. The van der Waals surface area contributed by atoms with Crippen LogP contribution in [0.2, 0.25) is 5.02 Å². The topological polar surface area (TPSA) is 84.9 Å². The lowest BCUT2D eigenvalue weighted by atomic mass is 10.0. The van der Waals surface area contributed by atoms with Crippen molar-refractivity contribution in [1.82, 2.24) is 25.2 Å². The van der Waals surface area contributed by atoms with Gasteiger partial charge in [0.25, 0.3) is 0 Å². The first-order valence-corrected chi connectivity index (χ1v) is 15.3. The fourth-order valence-corrected chi connectivity index (χ4v) is 7.07. The molecule has 0 aliphatic carbocycles. The third-order valence-corrected chi connectivity index (χ3v) is 9.28. The monoisotopic (exact) mass is 606 g/mol. The fourth-order valence-electron chi connectivity index (χ4n) is 6.79. The van der Waals surface area contributed by atoms with E-state index >= 15 is 4.39 Å². The van der Waals surface area contributed by atoms with Gasteiger partial charge in [-0.15, -0.1) is 0 Å². The number of halogens is 2. The van der Waals surface area contributed by atoms with Crippen LogP contribution in [0.4, 0.5) is 10.2 Å². The summed E-state index contributed by atoms with van der Waals surface area (Å²) in [6.07, 6.45) is 4.86. The molecule has 4 aromatic rings. The molecule has 0 saturated carbocycles. The first-order valence-electron chi connectivity index (χ1n) is 15.0. The van der Waals surface area contributed by atoms with E-state index in [1.165, 1.54) is 0 Å². The predicted octanol–water partition coefficient (Wildman–Crippen LogP) is 4.69.